The summed E-state index contributed by atoms with van der Waals surface area (Å²) in [5.41, 5.74) is 8.41. The predicted molar refractivity (Wildman–Crippen MR) is 62.9 cm³/mol. The lowest BCUT2D eigenvalue weighted by molar-refractivity contribution is 0.622. The summed E-state index contributed by atoms with van der Waals surface area (Å²) < 4.78 is 13.4. The first-order valence-corrected chi connectivity index (χ1v) is 5.60. The fourth-order valence-corrected chi connectivity index (χ4v) is 1.94. The predicted octanol–water partition coefficient (Wildman–Crippen LogP) is 3.38. The van der Waals surface area contributed by atoms with Gasteiger partial charge in [0.25, 0.3) is 0 Å². The van der Waals surface area contributed by atoms with Crippen LogP contribution in [0.5, 0.6) is 0 Å². The average molecular weight is 230 g/mol. The quantitative estimate of drug-likeness (QED) is 0.788. The van der Waals surface area contributed by atoms with Crippen LogP contribution in [0.25, 0.3) is 0 Å². The molecular formula is C12H17ClFN. The number of nitrogens with two attached hydrogens (primary N) is 1. The summed E-state index contributed by atoms with van der Waals surface area (Å²) >= 11 is 5.94. The van der Waals surface area contributed by atoms with Crippen molar-refractivity contribution in [2.24, 2.45) is 5.73 Å². The van der Waals surface area contributed by atoms with Gasteiger partial charge in [-0.05, 0) is 62.4 Å². The van der Waals surface area contributed by atoms with Gasteiger partial charge in [-0.1, -0.05) is 11.6 Å². The molecule has 0 saturated heterocycles. The zero-order valence-corrected chi connectivity index (χ0v) is 9.99. The first kappa shape index (κ1) is 12.5. The van der Waals surface area contributed by atoms with Crippen LogP contribution >= 0.6 is 11.6 Å². The van der Waals surface area contributed by atoms with Gasteiger partial charge in [-0.3, -0.25) is 0 Å². The molecule has 0 fully saturated rings. The zero-order chi connectivity index (χ0) is 11.4. The Morgan fingerprint density at radius 2 is 2.00 bits per heavy atom. The van der Waals surface area contributed by atoms with Crippen molar-refractivity contribution in [3.63, 3.8) is 0 Å². The smallest absolute Gasteiger partial charge is 0.142 e. The highest BCUT2D eigenvalue weighted by Crippen LogP contribution is 2.27. The van der Waals surface area contributed by atoms with Crippen LogP contribution in [-0.2, 0) is 6.42 Å². The number of hydrogen-bond acceptors (Lipinski definition) is 1. The Labute approximate surface area is 95.4 Å². The van der Waals surface area contributed by atoms with Crippen LogP contribution in [0.4, 0.5) is 4.39 Å². The fourth-order valence-electron chi connectivity index (χ4n) is 1.65. The van der Waals surface area contributed by atoms with Crippen LogP contribution in [-0.4, -0.2) is 6.54 Å². The molecule has 0 aliphatic heterocycles. The van der Waals surface area contributed by atoms with E-state index in [1.165, 1.54) is 6.07 Å². The van der Waals surface area contributed by atoms with Gasteiger partial charge in [0.1, 0.15) is 5.82 Å². The Morgan fingerprint density at radius 3 is 2.60 bits per heavy atom. The molecule has 0 spiro atoms. The first-order chi connectivity index (χ1) is 7.07. The lowest BCUT2D eigenvalue weighted by atomic mass is 9.98. The van der Waals surface area contributed by atoms with E-state index in [2.05, 4.69) is 0 Å². The van der Waals surface area contributed by atoms with Crippen molar-refractivity contribution >= 4 is 11.6 Å². The van der Waals surface area contributed by atoms with E-state index >= 15 is 0 Å². The van der Waals surface area contributed by atoms with Gasteiger partial charge in [0.15, 0.2) is 0 Å². The molecule has 2 N–H and O–H groups in total. The molecule has 1 nitrogen and oxygen atoms in total. The molecular weight excluding hydrogens is 213 g/mol. The Bertz CT molecular complexity index is 324. The molecule has 15 heavy (non-hydrogen) atoms. The summed E-state index contributed by atoms with van der Waals surface area (Å²) in [5.74, 6) is -0.317. The van der Waals surface area contributed by atoms with Crippen molar-refractivity contribution in [3.8, 4) is 0 Å². The number of aryl methyl sites for hydroxylation is 1. The zero-order valence-electron chi connectivity index (χ0n) is 9.24. The summed E-state index contributed by atoms with van der Waals surface area (Å²) in [6, 6.07) is 1.49. The standard InChI is InChI=1S/C12H17ClFN/c1-8-7-11(14)12(13)10(9(8)2)5-3-4-6-15/h7H,3-6,15H2,1-2H3. The Balaban J connectivity index is 2.94. The summed E-state index contributed by atoms with van der Waals surface area (Å²) in [6.07, 6.45) is 2.71. The second-order valence-electron chi connectivity index (χ2n) is 3.84. The second-order valence-corrected chi connectivity index (χ2v) is 4.22. The minimum atomic E-state index is -0.317. The first-order valence-electron chi connectivity index (χ1n) is 5.22. The third kappa shape index (κ3) is 2.93. The van der Waals surface area contributed by atoms with Gasteiger partial charge >= 0.3 is 0 Å². The van der Waals surface area contributed by atoms with Crippen LogP contribution in [0.15, 0.2) is 6.07 Å². The second kappa shape index (κ2) is 5.47. The maximum absolute atomic E-state index is 13.4. The van der Waals surface area contributed by atoms with Crippen LogP contribution in [0.3, 0.4) is 0 Å². The minimum Gasteiger partial charge on any atom is -0.330 e. The maximum atomic E-state index is 13.4. The highest BCUT2D eigenvalue weighted by molar-refractivity contribution is 6.31. The van der Waals surface area contributed by atoms with Gasteiger partial charge in [0.2, 0.25) is 0 Å². The van der Waals surface area contributed by atoms with Crippen molar-refractivity contribution in [2.75, 3.05) is 6.54 Å². The van der Waals surface area contributed by atoms with Crippen molar-refractivity contribution in [3.05, 3.63) is 33.6 Å². The fraction of sp³-hybridized carbons (Fsp3) is 0.500. The van der Waals surface area contributed by atoms with Crippen molar-refractivity contribution in [1.82, 2.24) is 0 Å². The molecule has 0 atom stereocenters. The van der Waals surface area contributed by atoms with E-state index in [1.807, 2.05) is 13.8 Å². The molecule has 3 heteroatoms. The van der Waals surface area contributed by atoms with Crippen LogP contribution in [0.1, 0.15) is 29.5 Å². The van der Waals surface area contributed by atoms with E-state index in [0.29, 0.717) is 6.54 Å². The molecule has 0 aromatic heterocycles. The van der Waals surface area contributed by atoms with E-state index < -0.39 is 0 Å². The topological polar surface area (TPSA) is 26.0 Å². The van der Waals surface area contributed by atoms with E-state index in [9.17, 15) is 4.39 Å². The number of hydrogen-bond donors (Lipinski definition) is 1. The third-order valence-corrected chi connectivity index (χ3v) is 3.15. The van der Waals surface area contributed by atoms with Gasteiger partial charge in [0, 0.05) is 0 Å². The van der Waals surface area contributed by atoms with Gasteiger partial charge in [-0.2, -0.15) is 0 Å². The van der Waals surface area contributed by atoms with Crippen molar-refractivity contribution in [2.45, 2.75) is 33.1 Å². The molecule has 0 amide bonds. The lowest BCUT2D eigenvalue weighted by Gasteiger charge is -2.11. The monoisotopic (exact) mass is 229 g/mol. The van der Waals surface area contributed by atoms with E-state index in [4.69, 9.17) is 17.3 Å². The summed E-state index contributed by atoms with van der Waals surface area (Å²) in [4.78, 5) is 0. The SMILES string of the molecule is Cc1cc(F)c(Cl)c(CCCCN)c1C. The Kier molecular flexibility index (Phi) is 4.55. The molecule has 1 aromatic carbocycles. The van der Waals surface area contributed by atoms with E-state index in [-0.39, 0.29) is 10.8 Å². The summed E-state index contributed by atoms with van der Waals surface area (Å²) in [5, 5.41) is 0.273. The highest BCUT2D eigenvalue weighted by Gasteiger charge is 2.11. The molecule has 0 heterocycles. The van der Waals surface area contributed by atoms with E-state index in [0.717, 1.165) is 36.0 Å². The number of benzene rings is 1. The molecule has 1 aromatic rings. The summed E-state index contributed by atoms with van der Waals surface area (Å²) in [6.45, 7) is 4.56. The molecule has 84 valence electrons. The van der Waals surface area contributed by atoms with Gasteiger partial charge in [-0.15, -0.1) is 0 Å². The van der Waals surface area contributed by atoms with Gasteiger partial charge < -0.3 is 5.73 Å². The number of unbranched alkanes of at least 4 members (excludes halogenated alkanes) is 1. The molecule has 1 rings (SSSR count). The largest absolute Gasteiger partial charge is 0.330 e. The Hall–Kier alpha value is -0.600. The molecule has 0 aliphatic rings. The van der Waals surface area contributed by atoms with Gasteiger partial charge in [0.05, 0.1) is 5.02 Å². The van der Waals surface area contributed by atoms with Crippen molar-refractivity contribution in [1.29, 1.82) is 0 Å². The van der Waals surface area contributed by atoms with Crippen LogP contribution in [0, 0.1) is 19.7 Å². The van der Waals surface area contributed by atoms with Gasteiger partial charge in [-0.25, -0.2) is 4.39 Å². The third-order valence-electron chi connectivity index (χ3n) is 2.74. The van der Waals surface area contributed by atoms with Crippen molar-refractivity contribution < 1.29 is 4.39 Å². The molecule has 0 radical (unpaired) electrons. The molecule has 0 unspecified atom stereocenters. The maximum Gasteiger partial charge on any atom is 0.142 e. The van der Waals surface area contributed by atoms with E-state index in [1.54, 1.807) is 0 Å². The molecule has 0 saturated carbocycles. The van der Waals surface area contributed by atoms with Crippen LogP contribution in [0.2, 0.25) is 5.02 Å². The Morgan fingerprint density at radius 1 is 1.33 bits per heavy atom. The lowest BCUT2D eigenvalue weighted by Crippen LogP contribution is -2.01. The normalized spacial score (nSPS) is 10.7. The number of rotatable bonds is 4. The molecule has 0 aliphatic carbocycles. The number of halogens is 2. The highest BCUT2D eigenvalue weighted by atomic mass is 35.5. The summed E-state index contributed by atoms with van der Waals surface area (Å²) in [7, 11) is 0. The molecule has 0 bridgehead atoms. The minimum absolute atomic E-state index is 0.273. The average Bonchev–Trinajstić information content (AvgIpc) is 2.20. The van der Waals surface area contributed by atoms with Crippen LogP contribution < -0.4 is 5.73 Å².